The first-order chi connectivity index (χ1) is 36.6. The minimum atomic E-state index is -0.893. The molecule has 76 heavy (non-hydrogen) atoms. The number of benzene rings is 2. The summed E-state index contributed by atoms with van der Waals surface area (Å²) in [6.07, 6.45) is 12.7. The van der Waals surface area contributed by atoms with E-state index in [1.54, 1.807) is 47.0 Å². The summed E-state index contributed by atoms with van der Waals surface area (Å²) in [5, 5.41) is 29.5. The number of halogens is 1. The number of hydrogen-bond donors (Lipinski definition) is 6. The van der Waals surface area contributed by atoms with Crippen LogP contribution in [-0.2, 0) is 25.7 Å². The van der Waals surface area contributed by atoms with Crippen LogP contribution in [0, 0.1) is 18.2 Å². The van der Waals surface area contributed by atoms with Gasteiger partial charge in [-0.1, -0.05) is 64.3 Å². The SMILES string of the molecule is Cc1ncsc1-c1ccc(CNC(=O)[C@@H]2C[C@@H](O)CN2C(=O)[C@@H](NC(=O)CCCCCCCNC(=O)CN2CCN(C(=O)c3ccc(Nc4nc(C5CC5)cn5c(-c6cn[nH]c6)cnc45)c(F)c3)CC2)C(C)(C)C)cc1. The smallest absolute Gasteiger partial charge is 0.254 e. The predicted molar refractivity (Wildman–Crippen MR) is 287 cm³/mol. The van der Waals surface area contributed by atoms with Crippen LogP contribution in [0.3, 0.4) is 0 Å². The number of H-pyrrole nitrogens is 1. The third-order valence-corrected chi connectivity index (χ3v) is 15.4. The van der Waals surface area contributed by atoms with Crippen LogP contribution in [0.4, 0.5) is 15.9 Å². The lowest BCUT2D eigenvalue weighted by molar-refractivity contribution is -0.144. The van der Waals surface area contributed by atoms with Crippen LogP contribution in [0.1, 0.15) is 112 Å². The molecule has 2 aliphatic heterocycles. The fourth-order valence-electron chi connectivity index (χ4n) is 9.88. The Hall–Kier alpha value is -7.10. The fourth-order valence-corrected chi connectivity index (χ4v) is 10.7. The molecule has 1 saturated carbocycles. The number of imidazole rings is 1. The van der Waals surface area contributed by atoms with Gasteiger partial charge in [0.15, 0.2) is 11.5 Å². The van der Waals surface area contributed by atoms with E-state index in [4.69, 9.17) is 4.98 Å². The van der Waals surface area contributed by atoms with E-state index in [0.717, 1.165) is 77.2 Å². The number of nitrogens with one attached hydrogen (secondary N) is 5. The predicted octanol–water partition coefficient (Wildman–Crippen LogP) is 6.34. The van der Waals surface area contributed by atoms with E-state index in [1.807, 2.05) is 73.0 Å². The molecular weight excluding hydrogens is 990 g/mol. The van der Waals surface area contributed by atoms with Crippen molar-refractivity contribution in [1.82, 2.24) is 60.2 Å². The second-order valence-corrected chi connectivity index (χ2v) is 22.2. The van der Waals surface area contributed by atoms with Crippen molar-refractivity contribution in [2.24, 2.45) is 5.41 Å². The van der Waals surface area contributed by atoms with E-state index < -0.39 is 35.3 Å². The number of aryl methyl sites for hydroxylation is 1. The number of carbonyl (C=O) groups is 5. The van der Waals surface area contributed by atoms with Gasteiger partial charge in [0.05, 0.1) is 58.2 Å². The lowest BCUT2D eigenvalue weighted by Gasteiger charge is -2.35. The van der Waals surface area contributed by atoms with Crippen LogP contribution in [-0.4, -0.2) is 143 Å². The molecule has 6 aromatic rings. The highest BCUT2D eigenvalue weighted by molar-refractivity contribution is 7.13. The summed E-state index contributed by atoms with van der Waals surface area (Å²) in [7, 11) is 0. The van der Waals surface area contributed by atoms with Gasteiger partial charge in [-0.3, -0.25) is 38.4 Å². The van der Waals surface area contributed by atoms with Gasteiger partial charge >= 0.3 is 0 Å². The maximum atomic E-state index is 15.7. The molecule has 0 bridgehead atoms. The molecule has 2 saturated heterocycles. The standard InChI is InChI=1S/C55H68FN13O6S/c1-34-48(76-33-60-34)37-13-11-35(12-14-37)26-59-52(73)44-25-40(70)30-69(44)54(75)49(55(2,3)4)65-46(71)10-8-6-5-7-9-19-57-47(72)32-66-20-22-67(23-21-66)53(74)38-17-18-42(41(56)24-38)63-50-51-58-29-45(39-27-61-62-28-39)68(51)31-43(64-50)36-15-16-36/h11-14,17-18,24,27-29,31,33,36,40,44,49,70H,5-10,15-16,19-23,25-26,30,32H2,1-4H3,(H,57,72)(H,59,73)(H,61,62)(H,63,64)(H,65,71)/t40-,44+,49-/m1/s1. The van der Waals surface area contributed by atoms with Crippen molar-refractivity contribution in [1.29, 1.82) is 0 Å². The first-order valence-corrected chi connectivity index (χ1v) is 27.2. The second-order valence-electron chi connectivity index (χ2n) is 21.3. The van der Waals surface area contributed by atoms with Gasteiger partial charge in [-0.25, -0.2) is 19.3 Å². The number of nitrogens with zero attached hydrogens (tertiary/aromatic N) is 8. The summed E-state index contributed by atoms with van der Waals surface area (Å²) in [6.45, 7) is 10.4. The number of carbonyl (C=O) groups excluding carboxylic acids is 5. The Bertz CT molecular complexity index is 3020. The number of amides is 5. The Morgan fingerprint density at radius 3 is 2.37 bits per heavy atom. The summed E-state index contributed by atoms with van der Waals surface area (Å²) in [5.41, 5.74) is 7.63. The van der Waals surface area contributed by atoms with Crippen LogP contribution in [0.5, 0.6) is 0 Å². The van der Waals surface area contributed by atoms with E-state index >= 15 is 4.39 Å². The summed E-state index contributed by atoms with van der Waals surface area (Å²) < 4.78 is 17.6. The number of aromatic amines is 1. The third kappa shape index (κ3) is 13.1. The highest BCUT2D eigenvalue weighted by Gasteiger charge is 2.44. The monoisotopic (exact) mass is 1060 g/mol. The van der Waals surface area contributed by atoms with Crippen LogP contribution in [0.25, 0.3) is 27.3 Å². The van der Waals surface area contributed by atoms with Crippen molar-refractivity contribution in [2.45, 2.75) is 116 Å². The van der Waals surface area contributed by atoms with Crippen molar-refractivity contribution >= 4 is 58.0 Å². The Kier molecular flexibility index (Phi) is 16.9. The number of aromatic nitrogens is 6. The number of β-amino-alcohol motifs (C(OH)–C–C–N with tert-alkyl or cyclic N) is 1. The van der Waals surface area contributed by atoms with Gasteiger partial charge in [-0.15, -0.1) is 11.3 Å². The lowest BCUT2D eigenvalue weighted by Crippen LogP contribution is -2.57. The van der Waals surface area contributed by atoms with E-state index in [-0.39, 0.29) is 67.4 Å². The third-order valence-electron chi connectivity index (χ3n) is 14.4. The van der Waals surface area contributed by atoms with Crippen molar-refractivity contribution in [3.8, 4) is 21.7 Å². The van der Waals surface area contributed by atoms with Gasteiger partial charge in [0.1, 0.15) is 17.9 Å². The molecule has 402 valence electrons. The van der Waals surface area contributed by atoms with Crippen LogP contribution >= 0.6 is 11.3 Å². The normalized spacial score (nSPS) is 17.4. The molecule has 19 nitrogen and oxygen atoms in total. The number of fused-ring (bicyclic) bond motifs is 1. The summed E-state index contributed by atoms with van der Waals surface area (Å²) in [6, 6.07) is 10.5. The second kappa shape index (κ2) is 23.8. The Labute approximate surface area is 445 Å². The molecule has 1 aliphatic carbocycles. The van der Waals surface area contributed by atoms with Crippen LogP contribution < -0.4 is 21.3 Å². The molecular formula is C55H68FN13O6S. The van der Waals surface area contributed by atoms with Gasteiger partial charge in [-0.05, 0) is 67.3 Å². The highest BCUT2D eigenvalue weighted by Crippen LogP contribution is 2.41. The van der Waals surface area contributed by atoms with Gasteiger partial charge < -0.3 is 36.2 Å². The minimum Gasteiger partial charge on any atom is -0.391 e. The maximum absolute atomic E-state index is 15.7. The van der Waals surface area contributed by atoms with Gasteiger partial charge in [0.2, 0.25) is 23.6 Å². The van der Waals surface area contributed by atoms with Gasteiger partial charge in [0, 0.05) is 88.1 Å². The zero-order valence-corrected chi connectivity index (χ0v) is 44.4. The number of aliphatic hydroxyl groups is 1. The zero-order valence-electron chi connectivity index (χ0n) is 43.6. The number of rotatable bonds is 21. The average Bonchev–Trinajstić information content (AvgIpc) is 3.74. The Morgan fingerprint density at radius 2 is 1.67 bits per heavy atom. The first-order valence-electron chi connectivity index (χ1n) is 26.4. The molecule has 9 rings (SSSR count). The topological polar surface area (TPSA) is 235 Å². The first kappa shape index (κ1) is 53.7. The minimum absolute atomic E-state index is 0.00462. The van der Waals surface area contributed by atoms with Crippen LogP contribution in [0.15, 0.2) is 72.8 Å². The van der Waals surface area contributed by atoms with Gasteiger partial charge in [-0.2, -0.15) is 5.10 Å². The molecule has 5 amide bonds. The summed E-state index contributed by atoms with van der Waals surface area (Å²) in [4.78, 5) is 86.9. The number of unbranched alkanes of at least 4 members (excludes halogenated alkanes) is 4. The number of thiazole rings is 1. The van der Waals surface area contributed by atoms with Gasteiger partial charge in [0.25, 0.3) is 5.91 Å². The van der Waals surface area contributed by atoms with Crippen molar-refractivity contribution < 1.29 is 33.5 Å². The average molecular weight is 1060 g/mol. The molecule has 0 spiro atoms. The summed E-state index contributed by atoms with van der Waals surface area (Å²) >= 11 is 1.57. The number of likely N-dealkylation sites (tertiary alicyclic amines) is 1. The lowest BCUT2D eigenvalue weighted by atomic mass is 9.85. The molecule has 3 atom stereocenters. The van der Waals surface area contributed by atoms with E-state index in [2.05, 4.69) is 41.4 Å². The van der Waals surface area contributed by atoms with Crippen molar-refractivity contribution in [2.75, 3.05) is 51.1 Å². The molecule has 0 radical (unpaired) electrons. The highest BCUT2D eigenvalue weighted by atomic mass is 32.1. The summed E-state index contributed by atoms with van der Waals surface area (Å²) in [5.74, 6) is -1.19. The van der Waals surface area contributed by atoms with Crippen molar-refractivity contribution in [3.05, 3.63) is 101 Å². The molecule has 4 aromatic heterocycles. The number of aliphatic hydroxyl groups excluding tert-OH is 1. The largest absolute Gasteiger partial charge is 0.391 e. The number of anilines is 2. The maximum Gasteiger partial charge on any atom is 0.254 e. The van der Waals surface area contributed by atoms with Crippen LogP contribution in [0.2, 0.25) is 0 Å². The fraction of sp³-hybridized carbons (Fsp3) is 0.473. The molecule has 6 N–H and O–H groups in total. The zero-order chi connectivity index (χ0) is 53.5. The molecule has 2 aromatic carbocycles. The number of piperazine rings is 1. The quantitative estimate of drug-likeness (QED) is 0.0434. The molecule has 3 fully saturated rings. The van der Waals surface area contributed by atoms with E-state index in [9.17, 15) is 29.1 Å². The molecule has 3 aliphatic rings. The van der Waals surface area contributed by atoms with Crippen molar-refractivity contribution in [3.63, 3.8) is 0 Å². The molecule has 0 unspecified atom stereocenters. The van der Waals surface area contributed by atoms with E-state index in [1.165, 1.54) is 11.0 Å². The molecule has 21 heteroatoms. The molecule has 6 heterocycles. The van der Waals surface area contributed by atoms with E-state index in [0.29, 0.717) is 56.5 Å². The number of hydrogen-bond acceptors (Lipinski definition) is 13. The Morgan fingerprint density at radius 1 is 0.908 bits per heavy atom. The Balaban J connectivity index is 0.648.